The van der Waals surface area contributed by atoms with E-state index in [0.29, 0.717) is 24.3 Å². The van der Waals surface area contributed by atoms with Gasteiger partial charge in [-0.15, -0.1) is 13.2 Å². The predicted octanol–water partition coefficient (Wildman–Crippen LogP) is 2.11. The molecule has 1 heterocycles. The lowest BCUT2D eigenvalue weighted by Crippen LogP contribution is -2.52. The Morgan fingerprint density at radius 3 is 2.30 bits per heavy atom. The molecule has 27 heavy (non-hydrogen) atoms. The van der Waals surface area contributed by atoms with E-state index in [-0.39, 0.29) is 5.91 Å². The molecule has 0 aliphatic carbocycles. The predicted molar refractivity (Wildman–Crippen MR) is 115 cm³/mol. The van der Waals surface area contributed by atoms with Crippen LogP contribution in [-0.4, -0.2) is 74.5 Å². The number of amides is 1. The Morgan fingerprint density at radius 2 is 1.85 bits per heavy atom. The maximum absolute atomic E-state index is 11.6. The zero-order chi connectivity index (χ0) is 20.2. The molecule has 6 heteroatoms. The molecule has 1 unspecified atom stereocenters. The molecule has 1 saturated heterocycles. The van der Waals surface area contributed by atoms with Gasteiger partial charge in [0, 0.05) is 59.3 Å². The Bertz CT molecular complexity index is 485. The van der Waals surface area contributed by atoms with Crippen molar-refractivity contribution in [1.29, 1.82) is 0 Å². The summed E-state index contributed by atoms with van der Waals surface area (Å²) in [6.07, 6.45) is 6.58. The first-order chi connectivity index (χ1) is 13.0. The van der Waals surface area contributed by atoms with Gasteiger partial charge in [0.1, 0.15) is 0 Å². The lowest BCUT2D eigenvalue weighted by molar-refractivity contribution is -0.121. The second-order valence-corrected chi connectivity index (χ2v) is 7.58. The van der Waals surface area contributed by atoms with E-state index in [1.807, 2.05) is 19.2 Å². The maximum Gasteiger partial charge on any atom is 0.220 e. The number of piperidine rings is 1. The van der Waals surface area contributed by atoms with Gasteiger partial charge in [0.2, 0.25) is 5.91 Å². The van der Waals surface area contributed by atoms with Crippen molar-refractivity contribution in [2.75, 3.05) is 46.8 Å². The zero-order valence-electron chi connectivity index (χ0n) is 17.7. The van der Waals surface area contributed by atoms with E-state index in [0.717, 1.165) is 51.5 Å². The van der Waals surface area contributed by atoms with Gasteiger partial charge < -0.3 is 15.5 Å². The maximum atomic E-state index is 11.6. The number of carbonyl (C=O) groups excluding carboxylic acids is 1. The fourth-order valence-corrected chi connectivity index (χ4v) is 3.70. The van der Waals surface area contributed by atoms with Gasteiger partial charge in [-0.1, -0.05) is 26.0 Å². The van der Waals surface area contributed by atoms with Crippen LogP contribution >= 0.6 is 0 Å². The van der Waals surface area contributed by atoms with Crippen molar-refractivity contribution in [2.45, 2.75) is 39.2 Å². The summed E-state index contributed by atoms with van der Waals surface area (Å²) in [4.78, 5) is 20.8. The van der Waals surface area contributed by atoms with Gasteiger partial charge in [-0.2, -0.15) is 0 Å². The summed E-state index contributed by atoms with van der Waals surface area (Å²) in [5.41, 5.74) is 0. The fraction of sp³-hybridized carbons (Fsp3) is 0.714. The third-order valence-corrected chi connectivity index (χ3v) is 5.31. The van der Waals surface area contributed by atoms with E-state index in [1.54, 1.807) is 7.05 Å². The third-order valence-electron chi connectivity index (χ3n) is 5.31. The number of nitrogens with one attached hydrogen (secondary N) is 2. The van der Waals surface area contributed by atoms with Gasteiger partial charge >= 0.3 is 0 Å². The number of nitrogens with zero attached hydrogens (tertiary/aromatic N) is 3. The number of aliphatic imine (C=N–C) groups is 1. The van der Waals surface area contributed by atoms with Crippen molar-refractivity contribution in [3.8, 4) is 0 Å². The van der Waals surface area contributed by atoms with Gasteiger partial charge in [-0.25, -0.2) is 0 Å². The van der Waals surface area contributed by atoms with Crippen LogP contribution in [0, 0.1) is 11.8 Å². The summed E-state index contributed by atoms with van der Waals surface area (Å²) in [7, 11) is 3.55. The van der Waals surface area contributed by atoms with E-state index < -0.39 is 0 Å². The zero-order valence-corrected chi connectivity index (χ0v) is 17.7. The molecular weight excluding hydrogens is 338 g/mol. The third kappa shape index (κ3) is 7.75. The monoisotopic (exact) mass is 377 g/mol. The Morgan fingerprint density at radius 1 is 1.26 bits per heavy atom. The highest BCUT2D eigenvalue weighted by molar-refractivity contribution is 5.80. The van der Waals surface area contributed by atoms with Crippen LogP contribution in [0.25, 0.3) is 0 Å². The minimum Gasteiger partial charge on any atom is -0.359 e. The molecule has 0 bridgehead atoms. The lowest BCUT2D eigenvalue weighted by atomic mass is 9.93. The van der Waals surface area contributed by atoms with E-state index in [4.69, 9.17) is 0 Å². The van der Waals surface area contributed by atoms with Crippen LogP contribution in [0.4, 0.5) is 0 Å². The minimum atomic E-state index is 0.139. The van der Waals surface area contributed by atoms with Crippen molar-refractivity contribution < 1.29 is 4.79 Å². The molecule has 0 aromatic rings. The van der Waals surface area contributed by atoms with Crippen LogP contribution in [0.2, 0.25) is 0 Å². The van der Waals surface area contributed by atoms with Crippen molar-refractivity contribution >= 4 is 11.9 Å². The number of carbonyl (C=O) groups is 1. The average Bonchev–Trinajstić information content (AvgIpc) is 2.66. The summed E-state index contributed by atoms with van der Waals surface area (Å²) in [6, 6.07) is 0.378. The quantitative estimate of drug-likeness (QED) is 0.348. The van der Waals surface area contributed by atoms with Gasteiger partial charge in [0.05, 0.1) is 0 Å². The number of hydrogen-bond donors (Lipinski definition) is 2. The second kappa shape index (κ2) is 12.5. The Kier molecular flexibility index (Phi) is 10.8. The molecule has 1 rings (SSSR count). The normalized spacial score (nSPS) is 17.1. The van der Waals surface area contributed by atoms with E-state index in [2.05, 4.69) is 52.4 Å². The van der Waals surface area contributed by atoms with Crippen molar-refractivity contribution in [2.24, 2.45) is 16.8 Å². The first-order valence-electron chi connectivity index (χ1n) is 10.1. The van der Waals surface area contributed by atoms with Crippen LogP contribution in [-0.2, 0) is 4.79 Å². The number of likely N-dealkylation sites (tertiary alicyclic amines) is 1. The molecule has 1 fully saturated rings. The van der Waals surface area contributed by atoms with Crippen LogP contribution in [0.15, 0.2) is 30.3 Å². The molecule has 0 radical (unpaired) electrons. The highest BCUT2D eigenvalue weighted by Crippen LogP contribution is 2.20. The molecule has 154 valence electrons. The topological polar surface area (TPSA) is 60.0 Å². The van der Waals surface area contributed by atoms with Crippen molar-refractivity contribution in [3.63, 3.8) is 0 Å². The first-order valence-corrected chi connectivity index (χ1v) is 10.1. The highest BCUT2D eigenvalue weighted by atomic mass is 16.1. The summed E-state index contributed by atoms with van der Waals surface area (Å²) >= 11 is 0. The SMILES string of the molecule is C=CCN(CC=C)C(CNC(=NC)N1CCC(CC(=O)NC)CC1)C(C)C. The largest absolute Gasteiger partial charge is 0.359 e. The molecule has 1 aliphatic heterocycles. The molecular formula is C21H39N5O. The van der Waals surface area contributed by atoms with E-state index in [9.17, 15) is 4.79 Å². The smallest absolute Gasteiger partial charge is 0.220 e. The number of guanidine groups is 1. The summed E-state index contributed by atoms with van der Waals surface area (Å²) in [6.45, 7) is 16.7. The summed E-state index contributed by atoms with van der Waals surface area (Å²) in [5, 5.41) is 6.30. The van der Waals surface area contributed by atoms with Crippen LogP contribution in [0.5, 0.6) is 0 Å². The average molecular weight is 378 g/mol. The Labute approximate surface area is 165 Å². The van der Waals surface area contributed by atoms with Gasteiger partial charge in [0.25, 0.3) is 0 Å². The molecule has 1 atom stereocenters. The fourth-order valence-electron chi connectivity index (χ4n) is 3.70. The molecule has 1 aliphatic rings. The molecule has 6 nitrogen and oxygen atoms in total. The molecule has 0 aromatic heterocycles. The molecule has 0 aromatic carbocycles. The van der Waals surface area contributed by atoms with E-state index >= 15 is 0 Å². The minimum absolute atomic E-state index is 0.139. The van der Waals surface area contributed by atoms with Crippen LogP contribution in [0.1, 0.15) is 33.1 Å². The number of hydrogen-bond acceptors (Lipinski definition) is 3. The van der Waals surface area contributed by atoms with Gasteiger partial charge in [-0.05, 0) is 24.7 Å². The molecule has 2 N–H and O–H groups in total. The first kappa shape index (κ1) is 23.2. The van der Waals surface area contributed by atoms with Crippen molar-refractivity contribution in [1.82, 2.24) is 20.4 Å². The standard InChI is InChI=1S/C21H39N5O/c1-7-11-25(12-8-2)19(17(3)4)16-24-21(23-6)26-13-9-18(10-14-26)15-20(27)22-5/h7-8,17-19H,1-2,9-16H2,3-6H3,(H,22,27)(H,23,24). The second-order valence-electron chi connectivity index (χ2n) is 7.58. The van der Waals surface area contributed by atoms with Crippen LogP contribution in [0.3, 0.4) is 0 Å². The Balaban J connectivity index is 2.60. The summed E-state index contributed by atoms with van der Waals surface area (Å²) in [5.74, 6) is 2.07. The highest BCUT2D eigenvalue weighted by Gasteiger charge is 2.25. The van der Waals surface area contributed by atoms with Crippen molar-refractivity contribution in [3.05, 3.63) is 25.3 Å². The molecule has 0 saturated carbocycles. The van der Waals surface area contributed by atoms with E-state index in [1.165, 1.54) is 0 Å². The van der Waals surface area contributed by atoms with Crippen LogP contribution < -0.4 is 10.6 Å². The van der Waals surface area contributed by atoms with Gasteiger partial charge in [-0.3, -0.25) is 14.7 Å². The summed E-state index contributed by atoms with van der Waals surface area (Å²) < 4.78 is 0. The molecule has 1 amide bonds. The molecule has 0 spiro atoms. The Hall–Kier alpha value is -1.82. The number of rotatable bonds is 10. The van der Waals surface area contributed by atoms with Gasteiger partial charge in [0.15, 0.2) is 5.96 Å². The lowest BCUT2D eigenvalue weighted by Gasteiger charge is -2.37.